The van der Waals surface area contributed by atoms with Crippen molar-refractivity contribution in [2.45, 2.75) is 39.8 Å². The second-order valence-corrected chi connectivity index (χ2v) is 6.38. The fourth-order valence-corrected chi connectivity index (χ4v) is 2.84. The highest BCUT2D eigenvalue weighted by atomic mass is 16.1. The molecule has 0 aliphatic heterocycles. The molecule has 1 amide bonds. The Kier molecular flexibility index (Phi) is 5.41. The number of aromatic nitrogens is 4. The molecule has 1 N–H and O–H groups in total. The normalized spacial score (nSPS) is 12.0. The molecule has 26 heavy (non-hydrogen) atoms. The van der Waals surface area contributed by atoms with E-state index in [-0.39, 0.29) is 11.9 Å². The van der Waals surface area contributed by atoms with Gasteiger partial charge in [-0.3, -0.25) is 14.5 Å². The molecule has 2 heterocycles. The molecule has 6 heteroatoms. The topological polar surface area (TPSA) is 72.7 Å². The lowest BCUT2D eigenvalue weighted by Gasteiger charge is -2.14. The Labute approximate surface area is 153 Å². The summed E-state index contributed by atoms with van der Waals surface area (Å²) < 4.78 is 1.70. The van der Waals surface area contributed by atoms with Gasteiger partial charge >= 0.3 is 0 Å². The fourth-order valence-electron chi connectivity index (χ4n) is 2.84. The Morgan fingerprint density at radius 2 is 1.96 bits per heavy atom. The monoisotopic (exact) mass is 349 g/mol. The number of benzene rings is 1. The summed E-state index contributed by atoms with van der Waals surface area (Å²) in [6, 6.07) is 11.6. The molecular formula is C20H23N5O. The van der Waals surface area contributed by atoms with Crippen LogP contribution in [0, 0.1) is 6.92 Å². The number of carbonyl (C=O) groups excluding carboxylic acids is 1. The Hall–Kier alpha value is -3.02. The van der Waals surface area contributed by atoms with Gasteiger partial charge in [0, 0.05) is 22.9 Å². The van der Waals surface area contributed by atoms with Crippen molar-refractivity contribution in [3.8, 4) is 11.3 Å². The third-order valence-electron chi connectivity index (χ3n) is 4.28. The molecule has 1 aromatic carbocycles. The smallest absolute Gasteiger partial charge is 0.251 e. The molecule has 3 rings (SSSR count). The number of carbonyl (C=O) groups is 1. The maximum Gasteiger partial charge on any atom is 0.251 e. The van der Waals surface area contributed by atoms with Crippen molar-refractivity contribution in [1.29, 1.82) is 0 Å². The van der Waals surface area contributed by atoms with Crippen molar-refractivity contribution in [2.75, 3.05) is 0 Å². The van der Waals surface area contributed by atoms with Crippen LogP contribution in [0.2, 0.25) is 0 Å². The minimum Gasteiger partial charge on any atom is -0.348 e. The van der Waals surface area contributed by atoms with Gasteiger partial charge in [-0.05, 0) is 44.0 Å². The van der Waals surface area contributed by atoms with Crippen molar-refractivity contribution in [1.82, 2.24) is 25.1 Å². The van der Waals surface area contributed by atoms with Crippen LogP contribution >= 0.6 is 0 Å². The van der Waals surface area contributed by atoms with Gasteiger partial charge in [-0.2, -0.15) is 5.10 Å². The Balaban J connectivity index is 1.68. The van der Waals surface area contributed by atoms with Crippen LogP contribution in [-0.2, 0) is 13.0 Å². The molecule has 0 unspecified atom stereocenters. The number of nitrogens with zero attached hydrogens (tertiary/aromatic N) is 4. The Morgan fingerprint density at radius 3 is 2.62 bits per heavy atom. The number of rotatable bonds is 6. The first kappa shape index (κ1) is 17.8. The van der Waals surface area contributed by atoms with E-state index < -0.39 is 0 Å². The Bertz CT molecular complexity index is 872. The minimum atomic E-state index is -0.102. The zero-order valence-electron chi connectivity index (χ0n) is 15.3. The van der Waals surface area contributed by atoms with Crippen LogP contribution in [0.15, 0.2) is 49.1 Å². The van der Waals surface area contributed by atoms with Gasteiger partial charge in [0.25, 0.3) is 5.91 Å². The average Bonchev–Trinajstić information content (AvgIpc) is 3.15. The number of hydrogen-bond donors (Lipinski definition) is 1. The van der Waals surface area contributed by atoms with Crippen molar-refractivity contribution in [3.05, 3.63) is 65.9 Å². The zero-order valence-corrected chi connectivity index (χ0v) is 15.3. The van der Waals surface area contributed by atoms with Gasteiger partial charge in [0.2, 0.25) is 0 Å². The first-order chi connectivity index (χ1) is 12.6. The highest BCUT2D eigenvalue weighted by Gasteiger charge is 2.11. The maximum absolute atomic E-state index is 12.4. The number of aryl methyl sites for hydroxylation is 2. The third-order valence-corrected chi connectivity index (χ3v) is 4.28. The minimum absolute atomic E-state index is 0.0465. The van der Waals surface area contributed by atoms with Crippen molar-refractivity contribution >= 4 is 5.91 Å². The van der Waals surface area contributed by atoms with E-state index in [2.05, 4.69) is 35.3 Å². The van der Waals surface area contributed by atoms with E-state index >= 15 is 0 Å². The van der Waals surface area contributed by atoms with Crippen LogP contribution in [-0.4, -0.2) is 31.7 Å². The predicted molar refractivity (Wildman–Crippen MR) is 101 cm³/mol. The van der Waals surface area contributed by atoms with E-state index in [0.29, 0.717) is 12.1 Å². The largest absolute Gasteiger partial charge is 0.348 e. The first-order valence-corrected chi connectivity index (χ1v) is 8.77. The van der Waals surface area contributed by atoms with E-state index in [1.165, 1.54) is 11.9 Å². The number of amides is 1. The van der Waals surface area contributed by atoms with Crippen molar-refractivity contribution in [3.63, 3.8) is 0 Å². The number of hydrogen-bond acceptors (Lipinski definition) is 4. The molecule has 0 bridgehead atoms. The lowest BCUT2D eigenvalue weighted by molar-refractivity contribution is 0.0936. The fraction of sp³-hybridized carbons (Fsp3) is 0.300. The summed E-state index contributed by atoms with van der Waals surface area (Å²) in [6.07, 6.45) is 4.02. The number of pyridine rings is 1. The van der Waals surface area contributed by atoms with Crippen molar-refractivity contribution < 1.29 is 4.79 Å². The van der Waals surface area contributed by atoms with Gasteiger partial charge in [-0.15, -0.1) is 0 Å². The molecule has 134 valence electrons. The molecule has 0 spiro atoms. The van der Waals surface area contributed by atoms with Crippen LogP contribution in [0.4, 0.5) is 0 Å². The molecule has 0 saturated heterocycles. The summed E-state index contributed by atoms with van der Waals surface area (Å²) in [4.78, 5) is 21.0. The summed E-state index contributed by atoms with van der Waals surface area (Å²) >= 11 is 0. The van der Waals surface area contributed by atoms with Crippen molar-refractivity contribution in [2.24, 2.45) is 0 Å². The first-order valence-electron chi connectivity index (χ1n) is 8.77. The summed E-state index contributed by atoms with van der Waals surface area (Å²) in [5, 5.41) is 7.03. The SMILES string of the molecule is CCc1nc(-c2ccc(C(=O)N[C@H](C)Cn3cncn3)cc2)ccc1C. The molecule has 0 saturated carbocycles. The lowest BCUT2D eigenvalue weighted by atomic mass is 10.1. The van der Waals surface area contributed by atoms with Gasteiger partial charge in [0.1, 0.15) is 12.7 Å². The van der Waals surface area contributed by atoms with E-state index in [9.17, 15) is 4.79 Å². The molecular weight excluding hydrogens is 326 g/mol. The van der Waals surface area contributed by atoms with E-state index in [1.807, 2.05) is 37.3 Å². The lowest BCUT2D eigenvalue weighted by Crippen LogP contribution is -2.35. The highest BCUT2D eigenvalue weighted by Crippen LogP contribution is 2.20. The second-order valence-electron chi connectivity index (χ2n) is 6.38. The highest BCUT2D eigenvalue weighted by molar-refractivity contribution is 5.94. The van der Waals surface area contributed by atoms with Gasteiger partial charge < -0.3 is 5.32 Å². The van der Waals surface area contributed by atoms with Crippen LogP contribution < -0.4 is 5.32 Å². The molecule has 3 aromatic rings. The molecule has 0 aliphatic rings. The Morgan fingerprint density at radius 1 is 1.19 bits per heavy atom. The maximum atomic E-state index is 12.4. The van der Waals surface area contributed by atoms with Crippen LogP contribution in [0.1, 0.15) is 35.5 Å². The van der Waals surface area contributed by atoms with Crippen LogP contribution in [0.25, 0.3) is 11.3 Å². The molecule has 0 fully saturated rings. The molecule has 1 atom stereocenters. The standard InChI is InChI=1S/C20H23N5O/c1-4-18-14(2)5-10-19(24-18)16-6-8-17(9-7-16)20(26)23-15(3)11-25-13-21-12-22-25/h5-10,12-13,15H,4,11H2,1-3H3,(H,23,26)/t15-/m1/s1. The molecule has 0 radical (unpaired) electrons. The van der Waals surface area contributed by atoms with Gasteiger partial charge in [0.15, 0.2) is 0 Å². The van der Waals surface area contributed by atoms with E-state index in [0.717, 1.165) is 23.4 Å². The summed E-state index contributed by atoms with van der Waals surface area (Å²) in [5.74, 6) is -0.102. The van der Waals surface area contributed by atoms with Crippen LogP contribution in [0.5, 0.6) is 0 Å². The van der Waals surface area contributed by atoms with Gasteiger partial charge in [-0.1, -0.05) is 25.1 Å². The average molecular weight is 349 g/mol. The van der Waals surface area contributed by atoms with E-state index in [1.54, 1.807) is 11.0 Å². The number of nitrogens with one attached hydrogen (secondary N) is 1. The predicted octanol–water partition coefficient (Wildman–Crippen LogP) is 3.03. The van der Waals surface area contributed by atoms with Gasteiger partial charge in [-0.25, -0.2) is 4.98 Å². The summed E-state index contributed by atoms with van der Waals surface area (Å²) in [6.45, 7) is 6.70. The quantitative estimate of drug-likeness (QED) is 0.742. The summed E-state index contributed by atoms with van der Waals surface area (Å²) in [5.41, 5.74) is 4.87. The van der Waals surface area contributed by atoms with E-state index in [4.69, 9.17) is 4.98 Å². The zero-order chi connectivity index (χ0) is 18.5. The molecule has 6 nitrogen and oxygen atoms in total. The van der Waals surface area contributed by atoms with Gasteiger partial charge in [0.05, 0.1) is 12.2 Å². The summed E-state index contributed by atoms with van der Waals surface area (Å²) in [7, 11) is 0. The second kappa shape index (κ2) is 7.91. The molecule has 0 aliphatic carbocycles. The molecule has 2 aromatic heterocycles. The van der Waals surface area contributed by atoms with Crippen LogP contribution in [0.3, 0.4) is 0 Å². The third kappa shape index (κ3) is 4.14.